The van der Waals surface area contributed by atoms with Crippen molar-refractivity contribution < 1.29 is 14.3 Å². The maximum atomic E-state index is 12.3. The molecule has 0 aliphatic rings. The number of nitrogens with one attached hydrogen (secondary N) is 1. The Morgan fingerprint density at radius 2 is 1.74 bits per heavy atom. The summed E-state index contributed by atoms with van der Waals surface area (Å²) >= 11 is 6.10. The topological polar surface area (TPSA) is 65.4 Å². The van der Waals surface area contributed by atoms with Gasteiger partial charge in [0.1, 0.15) is 17.3 Å². The molecule has 0 unspecified atom stereocenters. The van der Waals surface area contributed by atoms with Crippen LogP contribution in [0, 0.1) is 6.92 Å². The summed E-state index contributed by atoms with van der Waals surface area (Å²) in [6.45, 7) is 4.23. The van der Waals surface area contributed by atoms with Crippen LogP contribution in [0.2, 0.25) is 5.02 Å². The number of aromatic nitrogens is 2. The Hall–Kier alpha value is -3.51. The Morgan fingerprint density at radius 1 is 0.947 bits per heavy atom. The fraction of sp³-hybridized carbons (Fsp3) is 0.355. The summed E-state index contributed by atoms with van der Waals surface area (Å²) in [7, 11) is 1.62. The lowest BCUT2D eigenvalue weighted by Crippen LogP contribution is -2.24. The van der Waals surface area contributed by atoms with Crippen LogP contribution in [-0.4, -0.2) is 35.7 Å². The van der Waals surface area contributed by atoms with Crippen LogP contribution in [-0.2, 0) is 13.0 Å². The van der Waals surface area contributed by atoms with Crippen molar-refractivity contribution in [2.24, 2.45) is 0 Å². The maximum Gasteiger partial charge on any atom is 0.251 e. The van der Waals surface area contributed by atoms with Gasteiger partial charge in [-0.15, -0.1) is 0 Å². The summed E-state index contributed by atoms with van der Waals surface area (Å²) < 4.78 is 13.4. The minimum absolute atomic E-state index is 0.0513. The summed E-state index contributed by atoms with van der Waals surface area (Å²) in [5.74, 6) is 2.68. The molecular formula is C31H36ClN3O3. The number of carbonyl (C=O) groups is 1. The number of ether oxygens (including phenoxy) is 2. The van der Waals surface area contributed by atoms with E-state index in [2.05, 4.69) is 28.1 Å². The highest BCUT2D eigenvalue weighted by atomic mass is 35.5. The largest absolute Gasteiger partial charge is 0.497 e. The summed E-state index contributed by atoms with van der Waals surface area (Å²) in [6.07, 6.45) is 5.88. The number of nitrogens with zero attached hydrogens (tertiary/aromatic N) is 2. The van der Waals surface area contributed by atoms with Gasteiger partial charge in [-0.2, -0.15) is 0 Å². The number of halogens is 1. The quantitative estimate of drug-likeness (QED) is 0.177. The van der Waals surface area contributed by atoms with Crippen LogP contribution in [0.1, 0.15) is 53.8 Å². The van der Waals surface area contributed by atoms with Crippen molar-refractivity contribution in [3.8, 4) is 11.5 Å². The molecule has 38 heavy (non-hydrogen) atoms. The zero-order valence-electron chi connectivity index (χ0n) is 22.2. The van der Waals surface area contributed by atoms with Crippen LogP contribution < -0.4 is 14.8 Å². The predicted molar refractivity (Wildman–Crippen MR) is 154 cm³/mol. The fourth-order valence-corrected chi connectivity index (χ4v) is 4.58. The molecule has 3 aromatic carbocycles. The Balaban J connectivity index is 1.21. The smallest absolute Gasteiger partial charge is 0.251 e. The van der Waals surface area contributed by atoms with E-state index in [1.807, 2.05) is 31.2 Å². The van der Waals surface area contributed by atoms with Crippen molar-refractivity contribution >= 4 is 28.5 Å². The second kappa shape index (κ2) is 13.9. The van der Waals surface area contributed by atoms with E-state index in [4.69, 9.17) is 26.1 Å². The number of unbranched alkanes of at least 4 members (excludes halogenated alkanes) is 3. The van der Waals surface area contributed by atoms with Gasteiger partial charge >= 0.3 is 0 Å². The molecule has 0 bridgehead atoms. The zero-order chi connectivity index (χ0) is 26.7. The lowest BCUT2D eigenvalue weighted by molar-refractivity contribution is 0.0953. The average Bonchev–Trinajstić information content (AvgIpc) is 3.29. The minimum atomic E-state index is -0.0513. The highest BCUT2D eigenvalue weighted by Gasteiger charge is 2.10. The molecule has 0 radical (unpaired) electrons. The number of imidazole rings is 1. The minimum Gasteiger partial charge on any atom is -0.497 e. The molecule has 1 N–H and O–H groups in total. The van der Waals surface area contributed by atoms with Gasteiger partial charge in [0.2, 0.25) is 0 Å². The first kappa shape index (κ1) is 27.5. The Bertz CT molecular complexity index is 1330. The van der Waals surface area contributed by atoms with Gasteiger partial charge in [0.05, 0.1) is 24.8 Å². The number of rotatable bonds is 14. The molecule has 4 aromatic rings. The summed E-state index contributed by atoms with van der Waals surface area (Å²) in [4.78, 5) is 17.2. The second-order valence-corrected chi connectivity index (χ2v) is 9.84. The van der Waals surface area contributed by atoms with Crippen molar-refractivity contribution in [3.63, 3.8) is 0 Å². The van der Waals surface area contributed by atoms with Crippen molar-refractivity contribution in [3.05, 3.63) is 88.7 Å². The number of fused-ring (bicyclic) bond motifs is 1. The second-order valence-electron chi connectivity index (χ2n) is 9.43. The Labute approximate surface area is 229 Å². The van der Waals surface area contributed by atoms with Crippen LogP contribution in [0.4, 0.5) is 0 Å². The van der Waals surface area contributed by atoms with E-state index in [0.29, 0.717) is 18.7 Å². The lowest BCUT2D eigenvalue weighted by Gasteiger charge is -2.11. The third-order valence-electron chi connectivity index (χ3n) is 6.62. The first-order chi connectivity index (χ1) is 18.5. The molecule has 200 valence electrons. The van der Waals surface area contributed by atoms with Gasteiger partial charge in [0.25, 0.3) is 5.91 Å². The molecule has 4 rings (SSSR count). The predicted octanol–water partition coefficient (Wildman–Crippen LogP) is 7.01. The first-order valence-corrected chi connectivity index (χ1v) is 13.7. The van der Waals surface area contributed by atoms with E-state index >= 15 is 0 Å². The number of amides is 1. The van der Waals surface area contributed by atoms with E-state index in [0.717, 1.165) is 78.5 Å². The molecule has 6 nitrogen and oxygen atoms in total. The fourth-order valence-electron chi connectivity index (χ4n) is 4.47. The van der Waals surface area contributed by atoms with Crippen LogP contribution in [0.3, 0.4) is 0 Å². The van der Waals surface area contributed by atoms with Crippen LogP contribution in [0.5, 0.6) is 11.5 Å². The summed E-state index contributed by atoms with van der Waals surface area (Å²) in [6, 6.07) is 21.3. The van der Waals surface area contributed by atoms with E-state index in [-0.39, 0.29) is 5.91 Å². The van der Waals surface area contributed by atoms with Gasteiger partial charge in [0, 0.05) is 30.1 Å². The van der Waals surface area contributed by atoms with E-state index in [9.17, 15) is 4.79 Å². The molecule has 1 amide bonds. The molecule has 0 fully saturated rings. The molecule has 0 aliphatic heterocycles. The molecule has 0 spiro atoms. The SMILES string of the molecule is COc1ccc(C(=O)NCCCCCc2nc3ccccc3n2CCCCOc2ccc(Cl)c(C)c2)cc1. The molecule has 0 atom stereocenters. The highest BCUT2D eigenvalue weighted by Crippen LogP contribution is 2.22. The Morgan fingerprint density at radius 3 is 2.53 bits per heavy atom. The third-order valence-corrected chi connectivity index (χ3v) is 7.05. The number of hydrogen-bond acceptors (Lipinski definition) is 4. The molecule has 7 heteroatoms. The van der Waals surface area contributed by atoms with Crippen LogP contribution in [0.25, 0.3) is 11.0 Å². The molecule has 0 aliphatic carbocycles. The molecule has 0 saturated carbocycles. The number of aryl methyl sites for hydroxylation is 3. The average molecular weight is 534 g/mol. The molecule has 1 aromatic heterocycles. The monoisotopic (exact) mass is 533 g/mol. The van der Waals surface area contributed by atoms with E-state index in [1.165, 1.54) is 5.52 Å². The van der Waals surface area contributed by atoms with E-state index < -0.39 is 0 Å². The number of hydrogen-bond donors (Lipinski definition) is 1. The summed E-state index contributed by atoms with van der Waals surface area (Å²) in [5, 5.41) is 3.77. The van der Waals surface area contributed by atoms with Gasteiger partial charge in [-0.05, 0) is 92.8 Å². The van der Waals surface area contributed by atoms with Gasteiger partial charge < -0.3 is 19.4 Å². The molecule has 1 heterocycles. The highest BCUT2D eigenvalue weighted by molar-refractivity contribution is 6.31. The normalized spacial score (nSPS) is 11.0. The van der Waals surface area contributed by atoms with Gasteiger partial charge in [0.15, 0.2) is 0 Å². The first-order valence-electron chi connectivity index (χ1n) is 13.3. The van der Waals surface area contributed by atoms with E-state index in [1.54, 1.807) is 31.4 Å². The van der Waals surface area contributed by atoms with Crippen molar-refractivity contribution in [1.29, 1.82) is 0 Å². The van der Waals surface area contributed by atoms with Gasteiger partial charge in [-0.3, -0.25) is 4.79 Å². The van der Waals surface area contributed by atoms with Crippen molar-refractivity contribution in [2.45, 2.75) is 52.0 Å². The molecule has 0 saturated heterocycles. The van der Waals surface area contributed by atoms with Crippen molar-refractivity contribution in [1.82, 2.24) is 14.9 Å². The number of benzene rings is 3. The van der Waals surface area contributed by atoms with Gasteiger partial charge in [-0.1, -0.05) is 30.2 Å². The zero-order valence-corrected chi connectivity index (χ0v) is 23.0. The van der Waals surface area contributed by atoms with Gasteiger partial charge in [-0.25, -0.2) is 4.98 Å². The summed E-state index contributed by atoms with van der Waals surface area (Å²) in [5.41, 5.74) is 3.90. The Kier molecular flexibility index (Phi) is 10.0. The number of methoxy groups -OCH3 is 1. The number of para-hydroxylation sites is 2. The van der Waals surface area contributed by atoms with Crippen molar-refractivity contribution in [2.75, 3.05) is 20.3 Å². The third kappa shape index (κ3) is 7.51. The van der Waals surface area contributed by atoms with Crippen LogP contribution >= 0.6 is 11.6 Å². The maximum absolute atomic E-state index is 12.3. The number of carbonyl (C=O) groups excluding carboxylic acids is 1. The standard InChI is InChI=1S/C31H36ClN3O3/c1-23-22-26(17-18-27(23)32)38-21-9-8-20-35-29-11-6-5-10-28(29)34-30(35)12-4-3-7-19-33-31(36)24-13-15-25(37-2)16-14-24/h5-6,10-11,13-18,22H,3-4,7-9,12,19-21H2,1-2H3,(H,33,36). The molecular weight excluding hydrogens is 498 g/mol. The lowest BCUT2D eigenvalue weighted by atomic mass is 10.1. The van der Waals surface area contributed by atoms with Crippen LogP contribution in [0.15, 0.2) is 66.7 Å².